The molecule has 0 aliphatic carbocycles. The minimum atomic E-state index is -0.662. The maximum absolute atomic E-state index is 11.4. The van der Waals surface area contributed by atoms with Crippen molar-refractivity contribution in [1.82, 2.24) is 0 Å². The number of anilines is 1. The summed E-state index contributed by atoms with van der Waals surface area (Å²) in [7, 11) is 0. The van der Waals surface area contributed by atoms with Crippen molar-refractivity contribution >= 4 is 40.5 Å². The van der Waals surface area contributed by atoms with Crippen molar-refractivity contribution in [2.45, 2.75) is 32.5 Å². The Hall–Kier alpha value is -2.64. The van der Waals surface area contributed by atoms with Gasteiger partial charge in [-0.2, -0.15) is 0 Å². The summed E-state index contributed by atoms with van der Waals surface area (Å²) in [4.78, 5) is 11.4. The number of carbonyl (C=O) groups excluding carboxylic acids is 1. The molecule has 0 aliphatic rings. The Kier molecular flexibility index (Phi) is 8.26. The lowest BCUT2D eigenvalue weighted by Gasteiger charge is -2.21. The van der Waals surface area contributed by atoms with Crippen molar-refractivity contribution in [2.75, 3.05) is 4.31 Å². The van der Waals surface area contributed by atoms with Crippen LogP contribution >= 0.6 is 28.7 Å². The van der Waals surface area contributed by atoms with E-state index in [1.165, 1.54) is 0 Å². The lowest BCUT2D eigenvalue weighted by molar-refractivity contribution is -0.00206. The van der Waals surface area contributed by atoms with Gasteiger partial charge in [0.15, 0.2) is 0 Å². The molecule has 1 unspecified atom stereocenters. The molecule has 0 radical (unpaired) electrons. The molecule has 3 aromatic carbocycles. The molecule has 7 heteroatoms. The molecule has 2 N–H and O–H groups in total. The molecule has 2 amide bonds. The molecule has 3 aromatic rings. The predicted octanol–water partition coefficient (Wildman–Crippen LogP) is 6.82. The quantitative estimate of drug-likeness (QED) is 0.250. The maximum atomic E-state index is 11.4. The van der Waals surface area contributed by atoms with Gasteiger partial charge in [0.05, 0.1) is 5.69 Å². The fraction of sp³-hybridized carbons (Fsp3) is 0.208. The summed E-state index contributed by atoms with van der Waals surface area (Å²) in [6.45, 7) is 2.12. The van der Waals surface area contributed by atoms with Gasteiger partial charge in [-0.1, -0.05) is 72.4 Å². The van der Waals surface area contributed by atoms with E-state index in [1.807, 2.05) is 42.5 Å². The summed E-state index contributed by atoms with van der Waals surface area (Å²) in [6, 6.07) is 22.5. The SMILES string of the molecule is CCCCC(Oc1ccc(-c2ccc(Br)cc2)cc1)Oc1cccc(N(S)C(N)=O)c1. The molecule has 0 aliphatic heterocycles. The fourth-order valence-corrected chi connectivity index (χ4v) is 3.39. The normalized spacial score (nSPS) is 11.6. The van der Waals surface area contributed by atoms with Crippen LogP contribution in [0.1, 0.15) is 26.2 Å². The topological polar surface area (TPSA) is 64.8 Å². The van der Waals surface area contributed by atoms with Crippen LogP contribution in [0.15, 0.2) is 77.3 Å². The van der Waals surface area contributed by atoms with Crippen molar-refractivity contribution in [3.63, 3.8) is 0 Å². The zero-order valence-corrected chi connectivity index (χ0v) is 19.7. The van der Waals surface area contributed by atoms with Gasteiger partial charge in [-0.05, 0) is 53.9 Å². The Morgan fingerprint density at radius 3 is 2.23 bits per heavy atom. The first kappa shape index (κ1) is 23.0. The van der Waals surface area contributed by atoms with Gasteiger partial charge in [0.25, 0.3) is 0 Å². The molecule has 0 bridgehead atoms. The van der Waals surface area contributed by atoms with E-state index in [9.17, 15) is 4.79 Å². The number of primary amides is 1. The molecule has 162 valence electrons. The Labute approximate surface area is 196 Å². The minimum absolute atomic E-state index is 0.462. The molecule has 0 fully saturated rings. The van der Waals surface area contributed by atoms with E-state index in [0.29, 0.717) is 11.4 Å². The van der Waals surface area contributed by atoms with E-state index in [4.69, 9.17) is 15.2 Å². The van der Waals surface area contributed by atoms with Crippen LogP contribution in [0, 0.1) is 0 Å². The van der Waals surface area contributed by atoms with E-state index >= 15 is 0 Å². The van der Waals surface area contributed by atoms with Crippen molar-refractivity contribution < 1.29 is 14.3 Å². The first-order chi connectivity index (χ1) is 15.0. The lowest BCUT2D eigenvalue weighted by atomic mass is 10.1. The van der Waals surface area contributed by atoms with E-state index < -0.39 is 12.3 Å². The molecular formula is C24H25BrN2O3S. The molecular weight excluding hydrogens is 476 g/mol. The van der Waals surface area contributed by atoms with Gasteiger partial charge in [-0.25, -0.2) is 9.10 Å². The number of nitrogens with two attached hydrogens (primary N) is 1. The van der Waals surface area contributed by atoms with Crippen molar-refractivity contribution in [2.24, 2.45) is 5.73 Å². The van der Waals surface area contributed by atoms with E-state index in [-0.39, 0.29) is 0 Å². The summed E-state index contributed by atoms with van der Waals surface area (Å²) in [5.41, 5.74) is 8.07. The summed E-state index contributed by atoms with van der Waals surface area (Å²) < 4.78 is 14.3. The maximum Gasteiger partial charge on any atom is 0.329 e. The van der Waals surface area contributed by atoms with Crippen molar-refractivity contribution in [3.8, 4) is 22.6 Å². The summed E-state index contributed by atoms with van der Waals surface area (Å²) >= 11 is 7.56. The zero-order chi connectivity index (χ0) is 22.2. The number of rotatable bonds is 9. The minimum Gasteiger partial charge on any atom is -0.455 e. The largest absolute Gasteiger partial charge is 0.455 e. The summed E-state index contributed by atoms with van der Waals surface area (Å²) in [5.74, 6) is 1.30. The molecule has 0 heterocycles. The second kappa shape index (κ2) is 11.1. The number of halogens is 1. The van der Waals surface area contributed by atoms with Gasteiger partial charge in [-0.15, -0.1) is 0 Å². The van der Waals surface area contributed by atoms with Crippen LogP contribution in [0.25, 0.3) is 11.1 Å². The smallest absolute Gasteiger partial charge is 0.329 e. The second-order valence-electron chi connectivity index (χ2n) is 6.99. The third-order valence-corrected chi connectivity index (χ3v) is 5.59. The first-order valence-electron chi connectivity index (χ1n) is 10.0. The molecule has 1 atom stereocenters. The molecule has 5 nitrogen and oxygen atoms in total. The third-order valence-electron chi connectivity index (χ3n) is 4.63. The highest BCUT2D eigenvalue weighted by Gasteiger charge is 2.14. The Morgan fingerprint density at radius 2 is 1.61 bits per heavy atom. The Bertz CT molecular complexity index is 996. The molecule has 3 rings (SSSR count). The summed E-state index contributed by atoms with van der Waals surface area (Å²) in [6.07, 6.45) is 2.25. The fourth-order valence-electron chi connectivity index (χ4n) is 3.00. The Balaban J connectivity index is 1.72. The van der Waals surface area contributed by atoms with Gasteiger partial charge in [0, 0.05) is 17.0 Å². The van der Waals surface area contributed by atoms with Crippen LogP contribution in [0.5, 0.6) is 11.5 Å². The van der Waals surface area contributed by atoms with Gasteiger partial charge in [-0.3, -0.25) is 0 Å². The number of amides is 2. The van der Waals surface area contributed by atoms with Gasteiger partial charge in [0.2, 0.25) is 6.29 Å². The van der Waals surface area contributed by atoms with Gasteiger partial charge < -0.3 is 15.2 Å². The third kappa shape index (κ3) is 6.67. The zero-order valence-electron chi connectivity index (χ0n) is 17.2. The van der Waals surface area contributed by atoms with E-state index in [2.05, 4.69) is 47.8 Å². The molecule has 0 saturated heterocycles. The van der Waals surface area contributed by atoms with Crippen LogP contribution in [0.3, 0.4) is 0 Å². The number of benzene rings is 3. The predicted molar refractivity (Wildman–Crippen MR) is 132 cm³/mol. The van der Waals surface area contributed by atoms with Crippen LogP contribution in [-0.4, -0.2) is 12.3 Å². The number of ether oxygens (including phenoxy) is 2. The van der Waals surface area contributed by atoms with Crippen molar-refractivity contribution in [1.29, 1.82) is 0 Å². The number of carbonyl (C=O) groups is 1. The molecule has 0 spiro atoms. The number of unbranched alkanes of at least 4 members (excludes halogenated alkanes) is 1. The van der Waals surface area contributed by atoms with E-state index in [1.54, 1.807) is 18.2 Å². The number of thiol groups is 1. The van der Waals surface area contributed by atoms with Crippen molar-refractivity contribution in [3.05, 3.63) is 77.3 Å². The number of urea groups is 1. The first-order valence-corrected chi connectivity index (χ1v) is 11.2. The number of nitrogens with zero attached hydrogens (tertiary/aromatic N) is 1. The molecule has 31 heavy (non-hydrogen) atoms. The van der Waals surface area contributed by atoms with Crippen LogP contribution in [0.2, 0.25) is 0 Å². The van der Waals surface area contributed by atoms with Crippen LogP contribution in [-0.2, 0) is 0 Å². The highest BCUT2D eigenvalue weighted by atomic mass is 79.9. The van der Waals surface area contributed by atoms with Gasteiger partial charge in [0.1, 0.15) is 11.5 Å². The second-order valence-corrected chi connectivity index (χ2v) is 8.30. The number of hydrogen-bond acceptors (Lipinski definition) is 4. The number of hydrogen-bond donors (Lipinski definition) is 2. The Morgan fingerprint density at radius 1 is 1.00 bits per heavy atom. The highest BCUT2D eigenvalue weighted by molar-refractivity contribution is 9.10. The molecule has 0 saturated carbocycles. The summed E-state index contributed by atoms with van der Waals surface area (Å²) in [5, 5.41) is 0. The monoisotopic (exact) mass is 500 g/mol. The average molecular weight is 501 g/mol. The van der Waals surface area contributed by atoms with Crippen LogP contribution < -0.4 is 19.5 Å². The highest BCUT2D eigenvalue weighted by Crippen LogP contribution is 2.27. The standard InChI is InChI=1S/C24H25BrN2O3S/c1-2-3-7-23(30-22-6-4-5-20(16-22)27(31)24(26)28)29-21-14-10-18(11-15-21)17-8-12-19(25)13-9-17/h4-6,8-16,23,31H,2-3,7H2,1H3,(H2,26,28). The lowest BCUT2D eigenvalue weighted by Crippen LogP contribution is -2.27. The van der Waals surface area contributed by atoms with E-state index in [0.717, 1.165) is 44.9 Å². The average Bonchev–Trinajstić information content (AvgIpc) is 2.78. The molecule has 0 aromatic heterocycles. The van der Waals surface area contributed by atoms with Gasteiger partial charge >= 0.3 is 6.03 Å². The van der Waals surface area contributed by atoms with Crippen LogP contribution in [0.4, 0.5) is 10.5 Å².